The molecule has 1 saturated heterocycles. The van der Waals surface area contributed by atoms with Gasteiger partial charge >= 0.3 is 6.03 Å². The van der Waals surface area contributed by atoms with Crippen LogP contribution in [0.1, 0.15) is 119 Å². The highest BCUT2D eigenvalue weighted by Gasteiger charge is 2.69. The van der Waals surface area contributed by atoms with Crippen molar-refractivity contribution in [2.75, 3.05) is 18.8 Å². The van der Waals surface area contributed by atoms with E-state index < -0.39 is 61.9 Å². The second-order valence-corrected chi connectivity index (χ2v) is 20.4. The lowest BCUT2D eigenvalue weighted by Crippen LogP contribution is -2.63. The fourth-order valence-corrected chi connectivity index (χ4v) is 10.3. The minimum atomic E-state index is -3.56. The van der Waals surface area contributed by atoms with Crippen LogP contribution in [0.2, 0.25) is 0 Å². The molecule has 3 aliphatic carbocycles. The van der Waals surface area contributed by atoms with Crippen LogP contribution in [0, 0.1) is 29.1 Å². The minimum absolute atomic E-state index is 0.00196. The monoisotopic (exact) mass is 733 g/mol. The molecule has 288 valence electrons. The molecule has 13 heteroatoms. The van der Waals surface area contributed by atoms with Gasteiger partial charge < -0.3 is 26.2 Å². The van der Waals surface area contributed by atoms with E-state index in [2.05, 4.69) is 41.7 Å². The van der Waals surface area contributed by atoms with Crippen LogP contribution in [0.15, 0.2) is 12.7 Å². The number of ketones is 1. The molecule has 1 unspecified atom stereocenters. The Labute approximate surface area is 305 Å². The van der Waals surface area contributed by atoms with E-state index in [4.69, 9.17) is 0 Å². The second kappa shape index (κ2) is 16.0. The molecule has 0 spiro atoms. The highest BCUT2D eigenvalue weighted by Crippen LogP contribution is 2.65. The van der Waals surface area contributed by atoms with Crippen LogP contribution in [0.25, 0.3) is 0 Å². The number of fused-ring (bicyclic) bond motifs is 1. The zero-order chi connectivity index (χ0) is 37.9. The van der Waals surface area contributed by atoms with E-state index in [1.807, 2.05) is 13.8 Å². The molecule has 0 bridgehead atoms. The topological polar surface area (TPSA) is 171 Å². The molecule has 51 heavy (non-hydrogen) atoms. The molecule has 4 rings (SSSR count). The lowest BCUT2D eigenvalue weighted by Gasteiger charge is -2.41. The number of urea groups is 1. The summed E-state index contributed by atoms with van der Waals surface area (Å²) in [5.74, 6) is -2.74. The average Bonchev–Trinajstić information content (AvgIpc) is 3.36. The normalized spacial score (nSPS) is 25.6. The van der Waals surface area contributed by atoms with Crippen molar-refractivity contribution in [2.24, 2.45) is 29.1 Å². The lowest BCUT2D eigenvalue weighted by atomic mass is 9.82. The fraction of sp³-hybridized carbons (Fsp3) is 0.816. The van der Waals surface area contributed by atoms with Crippen LogP contribution in [0.3, 0.4) is 0 Å². The Bertz CT molecular complexity index is 1440. The number of carbonyl (C=O) groups is 5. The number of carbonyl (C=O) groups excluding carboxylic acids is 5. The SMILES string of the molecule is C=CCNC(=O)C(=O)C(CC(C)C)NC(=O)[C@@H]1[C@@H]2[C@H](CN1C(=O)[C@@H](NC(=O)NC1(CS(=O)(=O)C(C)(C)C)CCCCC1)C1CCCCC1)C2(C)C. The zero-order valence-electron chi connectivity index (χ0n) is 31.9. The van der Waals surface area contributed by atoms with Crippen LogP contribution in [-0.4, -0.2) is 90.1 Å². The van der Waals surface area contributed by atoms with Gasteiger partial charge in [-0.3, -0.25) is 19.2 Å². The van der Waals surface area contributed by atoms with E-state index >= 15 is 0 Å². The van der Waals surface area contributed by atoms with Crippen LogP contribution >= 0.6 is 0 Å². The largest absolute Gasteiger partial charge is 0.346 e. The maximum absolute atomic E-state index is 14.7. The van der Waals surface area contributed by atoms with Crippen molar-refractivity contribution >= 4 is 39.4 Å². The van der Waals surface area contributed by atoms with Gasteiger partial charge in [0.1, 0.15) is 12.1 Å². The third-order valence-corrected chi connectivity index (χ3v) is 14.8. The number of nitrogens with zero attached hydrogens (tertiary/aromatic N) is 1. The van der Waals surface area contributed by atoms with Gasteiger partial charge in [0.05, 0.1) is 22.1 Å². The molecule has 5 atom stereocenters. The first-order chi connectivity index (χ1) is 23.7. The number of hydrogen-bond donors (Lipinski definition) is 4. The Morgan fingerprint density at radius 2 is 1.55 bits per heavy atom. The van der Waals surface area contributed by atoms with Crippen molar-refractivity contribution in [1.29, 1.82) is 0 Å². The van der Waals surface area contributed by atoms with Crippen molar-refractivity contribution in [3.63, 3.8) is 0 Å². The van der Waals surface area contributed by atoms with Crippen LogP contribution in [0.5, 0.6) is 0 Å². The number of likely N-dealkylation sites (tertiary alicyclic amines) is 1. The van der Waals surface area contributed by atoms with Gasteiger partial charge in [-0.05, 0) is 82.0 Å². The van der Waals surface area contributed by atoms with Gasteiger partial charge in [0.25, 0.3) is 5.91 Å². The number of sulfone groups is 1. The zero-order valence-corrected chi connectivity index (χ0v) is 32.8. The predicted octanol–water partition coefficient (Wildman–Crippen LogP) is 4.04. The maximum Gasteiger partial charge on any atom is 0.315 e. The van der Waals surface area contributed by atoms with Crippen molar-refractivity contribution < 1.29 is 32.4 Å². The van der Waals surface area contributed by atoms with Crippen LogP contribution in [0.4, 0.5) is 4.79 Å². The molecule has 0 aromatic heterocycles. The predicted molar refractivity (Wildman–Crippen MR) is 197 cm³/mol. The van der Waals surface area contributed by atoms with E-state index in [-0.39, 0.29) is 53.7 Å². The Balaban J connectivity index is 1.59. The molecule has 3 saturated carbocycles. The summed E-state index contributed by atoms with van der Waals surface area (Å²) in [4.78, 5) is 70.2. The van der Waals surface area contributed by atoms with Gasteiger partial charge in [-0.15, -0.1) is 6.58 Å². The quantitative estimate of drug-likeness (QED) is 0.154. The second-order valence-electron chi connectivity index (χ2n) is 17.6. The molecular weight excluding hydrogens is 671 g/mol. The Hall–Kier alpha value is -2.96. The summed E-state index contributed by atoms with van der Waals surface area (Å²) in [7, 11) is -3.56. The first-order valence-corrected chi connectivity index (χ1v) is 20.7. The lowest BCUT2D eigenvalue weighted by molar-refractivity contribution is -0.145. The number of rotatable bonds is 14. The Morgan fingerprint density at radius 1 is 0.941 bits per heavy atom. The van der Waals surface area contributed by atoms with Gasteiger partial charge in [-0.25, -0.2) is 13.2 Å². The van der Waals surface area contributed by atoms with Gasteiger partial charge in [0, 0.05) is 13.1 Å². The highest BCUT2D eigenvalue weighted by molar-refractivity contribution is 7.92. The first-order valence-electron chi connectivity index (χ1n) is 19.1. The number of amides is 5. The Kier molecular flexibility index (Phi) is 12.8. The number of Topliss-reactive ketones (excluding diaryl/α,β-unsaturated/α-hetero) is 1. The van der Waals surface area contributed by atoms with Crippen molar-refractivity contribution in [2.45, 2.75) is 148 Å². The molecule has 4 aliphatic rings. The maximum atomic E-state index is 14.7. The van der Waals surface area contributed by atoms with Crippen molar-refractivity contribution in [3.05, 3.63) is 12.7 Å². The third kappa shape index (κ3) is 9.35. The number of piperidine rings is 1. The van der Waals surface area contributed by atoms with E-state index in [0.717, 1.165) is 51.4 Å². The minimum Gasteiger partial charge on any atom is -0.346 e. The van der Waals surface area contributed by atoms with E-state index in [0.29, 0.717) is 19.4 Å². The molecule has 4 fully saturated rings. The van der Waals surface area contributed by atoms with Crippen molar-refractivity contribution in [3.8, 4) is 0 Å². The van der Waals surface area contributed by atoms with Crippen LogP contribution in [-0.2, 0) is 29.0 Å². The molecule has 1 heterocycles. The molecule has 1 aliphatic heterocycles. The van der Waals surface area contributed by atoms with Gasteiger partial charge in [0.2, 0.25) is 17.6 Å². The number of hydrogen-bond acceptors (Lipinski definition) is 7. The number of nitrogens with one attached hydrogen (secondary N) is 4. The van der Waals surface area contributed by atoms with Crippen molar-refractivity contribution in [1.82, 2.24) is 26.2 Å². The van der Waals surface area contributed by atoms with Gasteiger partial charge in [-0.2, -0.15) is 0 Å². The highest BCUT2D eigenvalue weighted by atomic mass is 32.2. The molecule has 0 radical (unpaired) electrons. The van der Waals surface area contributed by atoms with E-state index in [9.17, 15) is 32.4 Å². The van der Waals surface area contributed by atoms with E-state index in [1.54, 1.807) is 25.7 Å². The molecule has 4 N–H and O–H groups in total. The summed E-state index contributed by atoms with van der Waals surface area (Å²) in [6.45, 7) is 17.0. The van der Waals surface area contributed by atoms with Gasteiger partial charge in [-0.1, -0.05) is 72.3 Å². The van der Waals surface area contributed by atoms with E-state index in [1.165, 1.54) is 6.08 Å². The standard InChI is InChI=1S/C38H63N5O7S/c1-9-20-39-33(46)31(44)27(21-24(2)3)40-32(45)30-28-26(37(28,7)8)22-43(30)34(47)29(25-16-12-10-13-17-25)41-35(48)42-38(18-14-11-15-19-38)23-51(49,50)36(4,5)6/h9,24-30H,1,10-23H2,2-8H3,(H,39,46)(H,40,45)(H2,41,42,48)/t26-,27?,28-,29-,30-/m0/s1. The molecule has 12 nitrogen and oxygen atoms in total. The average molecular weight is 734 g/mol. The first kappa shape index (κ1) is 40.8. The Morgan fingerprint density at radius 3 is 2.12 bits per heavy atom. The summed E-state index contributed by atoms with van der Waals surface area (Å²) in [6.07, 6.45) is 9.71. The summed E-state index contributed by atoms with van der Waals surface area (Å²) in [5, 5.41) is 11.4. The van der Waals surface area contributed by atoms with Crippen LogP contribution < -0.4 is 21.3 Å². The summed E-state index contributed by atoms with van der Waals surface area (Å²) in [6, 6.07) is -3.40. The molecule has 0 aromatic carbocycles. The van der Waals surface area contributed by atoms with Gasteiger partial charge in [0.15, 0.2) is 9.84 Å². The third-order valence-electron chi connectivity index (χ3n) is 12.0. The molecule has 0 aromatic rings. The fourth-order valence-electron chi connectivity index (χ4n) is 8.74. The molecule has 5 amide bonds. The summed E-state index contributed by atoms with van der Waals surface area (Å²) in [5.41, 5.74) is -1.14. The molecular formula is C38H63N5O7S. The summed E-state index contributed by atoms with van der Waals surface area (Å²) < 4.78 is 25.8. The smallest absolute Gasteiger partial charge is 0.315 e. The summed E-state index contributed by atoms with van der Waals surface area (Å²) >= 11 is 0.